The molecule has 1 unspecified atom stereocenters. The Morgan fingerprint density at radius 2 is 1.89 bits per heavy atom. The molecule has 0 saturated carbocycles. The van der Waals surface area contributed by atoms with Gasteiger partial charge >= 0.3 is 0 Å². The van der Waals surface area contributed by atoms with Gasteiger partial charge in [0.25, 0.3) is 11.8 Å². The van der Waals surface area contributed by atoms with E-state index in [9.17, 15) is 19.1 Å². The number of halogens is 2. The van der Waals surface area contributed by atoms with Gasteiger partial charge in [-0.1, -0.05) is 35.9 Å². The van der Waals surface area contributed by atoms with Crippen molar-refractivity contribution in [3.05, 3.63) is 99.8 Å². The molecule has 0 aromatic heterocycles. The van der Waals surface area contributed by atoms with Crippen LogP contribution in [-0.4, -0.2) is 46.7 Å². The van der Waals surface area contributed by atoms with Crippen molar-refractivity contribution in [2.24, 2.45) is 5.10 Å². The van der Waals surface area contributed by atoms with Gasteiger partial charge in [-0.2, -0.15) is 16.9 Å². The van der Waals surface area contributed by atoms with Gasteiger partial charge in [0.15, 0.2) is 0 Å². The van der Waals surface area contributed by atoms with Gasteiger partial charge in [0.05, 0.1) is 30.2 Å². The van der Waals surface area contributed by atoms with Crippen LogP contribution in [-0.2, 0) is 5.75 Å². The van der Waals surface area contributed by atoms with E-state index in [-0.39, 0.29) is 17.9 Å². The molecular formula is C25H23ClFN3O4S. The van der Waals surface area contributed by atoms with E-state index in [1.165, 1.54) is 48.3 Å². The van der Waals surface area contributed by atoms with Crippen molar-refractivity contribution >= 4 is 47.1 Å². The molecule has 2 amide bonds. The Morgan fingerprint density at radius 1 is 1.09 bits per heavy atom. The predicted molar refractivity (Wildman–Crippen MR) is 137 cm³/mol. The molecule has 182 valence electrons. The van der Waals surface area contributed by atoms with Crippen LogP contribution in [0.5, 0.6) is 0 Å². The third kappa shape index (κ3) is 8.18. The Balaban J connectivity index is 1.69. The number of amides is 2. The summed E-state index contributed by atoms with van der Waals surface area (Å²) in [7, 11) is 0. The fourth-order valence-electron chi connectivity index (χ4n) is 2.99. The van der Waals surface area contributed by atoms with Gasteiger partial charge in [-0.15, -0.1) is 0 Å². The summed E-state index contributed by atoms with van der Waals surface area (Å²) < 4.78 is 13.3. The van der Waals surface area contributed by atoms with Crippen molar-refractivity contribution in [1.82, 2.24) is 5.43 Å². The minimum atomic E-state index is -0.792. The maximum atomic E-state index is 13.3. The Kier molecular flexibility index (Phi) is 9.80. The maximum absolute atomic E-state index is 13.3. The topological polar surface area (TPSA) is 111 Å². The van der Waals surface area contributed by atoms with Gasteiger partial charge in [-0.3, -0.25) is 9.59 Å². The number of aliphatic hydroxyl groups excluding tert-OH is 2. The van der Waals surface area contributed by atoms with Crippen LogP contribution in [0.3, 0.4) is 0 Å². The fourth-order valence-corrected chi connectivity index (χ4v) is 4.07. The summed E-state index contributed by atoms with van der Waals surface area (Å²) in [6.45, 7) is -0.303. The van der Waals surface area contributed by atoms with Crippen molar-refractivity contribution < 1.29 is 24.2 Å². The normalized spacial score (nSPS) is 11.9. The standard InChI is InChI=1S/C25H23ClFN3O4S/c26-19-7-8-23(22(11-19)25(34)30-28-12-16-3-2-6-20(27)10-16)29-24(33)18-5-1-4-17(9-18)14-35-15-21(32)13-31/h1-12,21,31-32H,13-15H2,(H,29,33)(H,30,34). The number of rotatable bonds is 10. The number of thioether (sulfide) groups is 1. The molecule has 1 atom stereocenters. The van der Waals surface area contributed by atoms with Crippen molar-refractivity contribution in [3.8, 4) is 0 Å². The zero-order chi connectivity index (χ0) is 25.2. The summed E-state index contributed by atoms with van der Waals surface area (Å²) in [5, 5.41) is 25.2. The summed E-state index contributed by atoms with van der Waals surface area (Å²) >= 11 is 7.49. The number of carbonyl (C=O) groups excluding carboxylic acids is 2. The third-order valence-electron chi connectivity index (χ3n) is 4.68. The molecule has 10 heteroatoms. The summed E-state index contributed by atoms with van der Waals surface area (Å²) in [6, 6.07) is 17.1. The van der Waals surface area contributed by atoms with Crippen LogP contribution in [0, 0.1) is 5.82 Å². The summed E-state index contributed by atoms with van der Waals surface area (Å²) in [5.74, 6) is -0.533. The van der Waals surface area contributed by atoms with Gasteiger partial charge in [0, 0.05) is 22.1 Å². The van der Waals surface area contributed by atoms with Crippen LogP contribution in [0.2, 0.25) is 5.02 Å². The van der Waals surface area contributed by atoms with E-state index in [1.54, 1.807) is 30.3 Å². The molecule has 0 radical (unpaired) electrons. The molecule has 0 fully saturated rings. The van der Waals surface area contributed by atoms with Gasteiger partial charge in [0.2, 0.25) is 0 Å². The lowest BCUT2D eigenvalue weighted by atomic mass is 10.1. The lowest BCUT2D eigenvalue weighted by molar-refractivity contribution is 0.0956. The number of aliphatic hydroxyl groups is 2. The van der Waals surface area contributed by atoms with E-state index >= 15 is 0 Å². The smallest absolute Gasteiger partial charge is 0.273 e. The highest BCUT2D eigenvalue weighted by atomic mass is 35.5. The zero-order valence-electron chi connectivity index (χ0n) is 18.4. The van der Waals surface area contributed by atoms with Crippen molar-refractivity contribution in [3.63, 3.8) is 0 Å². The largest absolute Gasteiger partial charge is 0.394 e. The van der Waals surface area contributed by atoms with Crippen LogP contribution >= 0.6 is 23.4 Å². The lowest BCUT2D eigenvalue weighted by Crippen LogP contribution is -2.21. The van der Waals surface area contributed by atoms with Gasteiger partial charge in [-0.05, 0) is 53.6 Å². The quantitative estimate of drug-likeness (QED) is 0.240. The van der Waals surface area contributed by atoms with E-state index in [0.717, 1.165) is 5.56 Å². The fraction of sp³-hybridized carbons (Fsp3) is 0.160. The first-order chi connectivity index (χ1) is 16.9. The molecule has 7 nitrogen and oxygen atoms in total. The van der Waals surface area contributed by atoms with Crippen molar-refractivity contribution in [2.45, 2.75) is 11.9 Å². The zero-order valence-corrected chi connectivity index (χ0v) is 20.0. The van der Waals surface area contributed by atoms with E-state index in [1.807, 2.05) is 6.07 Å². The number of anilines is 1. The second kappa shape index (κ2) is 13.0. The number of carbonyl (C=O) groups is 2. The SMILES string of the molecule is O=C(Nc1ccc(Cl)cc1C(=O)NN=Cc1cccc(F)c1)c1cccc(CSCC(O)CO)c1. The minimum Gasteiger partial charge on any atom is -0.394 e. The number of nitrogens with one attached hydrogen (secondary N) is 2. The monoisotopic (exact) mass is 515 g/mol. The molecule has 0 heterocycles. The van der Waals surface area contributed by atoms with Gasteiger partial charge in [-0.25, -0.2) is 9.82 Å². The van der Waals surface area contributed by atoms with Gasteiger partial charge < -0.3 is 15.5 Å². The predicted octanol–water partition coefficient (Wildman–Crippen LogP) is 4.08. The second-order valence-corrected chi connectivity index (χ2v) is 8.92. The molecule has 0 spiro atoms. The molecule has 0 bridgehead atoms. The summed E-state index contributed by atoms with van der Waals surface area (Å²) in [6.07, 6.45) is 0.506. The van der Waals surface area contributed by atoms with E-state index in [4.69, 9.17) is 16.7 Å². The molecule has 0 aliphatic heterocycles. The Labute approximate surface area is 211 Å². The number of benzene rings is 3. The summed E-state index contributed by atoms with van der Waals surface area (Å²) in [5.41, 5.74) is 4.41. The number of hydrogen-bond donors (Lipinski definition) is 4. The second-order valence-electron chi connectivity index (χ2n) is 7.45. The molecule has 35 heavy (non-hydrogen) atoms. The first-order valence-corrected chi connectivity index (χ1v) is 12.0. The Morgan fingerprint density at radius 3 is 2.66 bits per heavy atom. The highest BCUT2D eigenvalue weighted by molar-refractivity contribution is 7.98. The average Bonchev–Trinajstić information content (AvgIpc) is 2.85. The molecule has 3 aromatic rings. The molecule has 0 aliphatic carbocycles. The Bertz CT molecular complexity index is 1220. The first-order valence-electron chi connectivity index (χ1n) is 10.5. The Hall–Kier alpha value is -3.24. The van der Waals surface area contributed by atoms with Crippen LogP contribution in [0.1, 0.15) is 31.8 Å². The number of nitrogens with zero attached hydrogens (tertiary/aromatic N) is 1. The highest BCUT2D eigenvalue weighted by Crippen LogP contribution is 2.22. The molecule has 0 aliphatic rings. The first kappa shape index (κ1) is 26.4. The maximum Gasteiger partial charge on any atom is 0.273 e. The van der Waals surface area contributed by atoms with Crippen LogP contribution in [0.15, 0.2) is 71.8 Å². The van der Waals surface area contributed by atoms with E-state index in [2.05, 4.69) is 15.8 Å². The van der Waals surface area contributed by atoms with Crippen LogP contribution < -0.4 is 10.7 Å². The molecule has 3 rings (SSSR count). The van der Waals surface area contributed by atoms with Crippen molar-refractivity contribution in [2.75, 3.05) is 17.7 Å². The third-order valence-corrected chi connectivity index (χ3v) is 6.07. The molecule has 4 N–H and O–H groups in total. The average molecular weight is 516 g/mol. The van der Waals surface area contributed by atoms with Crippen LogP contribution in [0.25, 0.3) is 0 Å². The molecule has 0 saturated heterocycles. The molecule has 3 aromatic carbocycles. The number of hydrogen-bond acceptors (Lipinski definition) is 6. The van der Waals surface area contributed by atoms with Gasteiger partial charge in [0.1, 0.15) is 5.82 Å². The summed E-state index contributed by atoms with van der Waals surface area (Å²) in [4.78, 5) is 25.6. The van der Waals surface area contributed by atoms with E-state index in [0.29, 0.717) is 27.7 Å². The van der Waals surface area contributed by atoms with Crippen molar-refractivity contribution in [1.29, 1.82) is 0 Å². The number of hydrazone groups is 1. The molecular weight excluding hydrogens is 493 g/mol. The minimum absolute atomic E-state index is 0.104. The highest BCUT2D eigenvalue weighted by Gasteiger charge is 2.15. The lowest BCUT2D eigenvalue weighted by Gasteiger charge is -2.12. The van der Waals surface area contributed by atoms with E-state index < -0.39 is 23.7 Å². The van der Waals surface area contributed by atoms with Crippen LogP contribution in [0.4, 0.5) is 10.1 Å².